The van der Waals surface area contributed by atoms with Crippen molar-refractivity contribution in [1.82, 2.24) is 0 Å². The van der Waals surface area contributed by atoms with Crippen molar-refractivity contribution in [2.24, 2.45) is 0 Å². The van der Waals surface area contributed by atoms with Gasteiger partial charge in [-0.25, -0.2) is 0 Å². The average Bonchev–Trinajstić information content (AvgIpc) is 2.56. The number of hydrogen-bond acceptors (Lipinski definition) is 1. The second-order valence-corrected chi connectivity index (χ2v) is 5.30. The Labute approximate surface area is 125 Å². The van der Waals surface area contributed by atoms with Gasteiger partial charge in [0.25, 0.3) is 0 Å². The van der Waals surface area contributed by atoms with Gasteiger partial charge < -0.3 is 5.11 Å². The van der Waals surface area contributed by atoms with Gasteiger partial charge in [-0.05, 0) is 34.4 Å². The monoisotopic (exact) mass is 274 g/mol. The van der Waals surface area contributed by atoms with E-state index in [0.717, 1.165) is 5.56 Å². The number of phenolic OH excluding ortho intramolecular Hbond substituents is 1. The molecule has 1 atom stereocenters. The van der Waals surface area contributed by atoms with Crippen molar-refractivity contribution >= 4 is 0 Å². The highest BCUT2D eigenvalue weighted by atomic mass is 16.3. The van der Waals surface area contributed by atoms with E-state index in [9.17, 15) is 5.11 Å². The van der Waals surface area contributed by atoms with Crippen molar-refractivity contribution in [2.75, 3.05) is 0 Å². The van der Waals surface area contributed by atoms with Crippen molar-refractivity contribution in [2.45, 2.75) is 12.8 Å². The van der Waals surface area contributed by atoms with Gasteiger partial charge in [0, 0.05) is 5.92 Å². The fourth-order valence-electron chi connectivity index (χ4n) is 2.55. The van der Waals surface area contributed by atoms with Crippen LogP contribution in [0.25, 0.3) is 11.1 Å². The van der Waals surface area contributed by atoms with Crippen LogP contribution in [-0.4, -0.2) is 5.11 Å². The number of hydrogen-bond donors (Lipinski definition) is 1. The van der Waals surface area contributed by atoms with Crippen LogP contribution in [0.1, 0.15) is 24.0 Å². The maximum absolute atomic E-state index is 9.35. The molecule has 0 radical (unpaired) electrons. The molecule has 3 aromatic carbocycles. The third-order valence-electron chi connectivity index (χ3n) is 3.91. The molecule has 0 aliphatic heterocycles. The van der Waals surface area contributed by atoms with Crippen molar-refractivity contribution < 1.29 is 5.11 Å². The molecule has 0 heterocycles. The smallest absolute Gasteiger partial charge is 0.115 e. The van der Waals surface area contributed by atoms with Gasteiger partial charge >= 0.3 is 0 Å². The number of rotatable bonds is 3. The van der Waals surface area contributed by atoms with Gasteiger partial charge in [0.05, 0.1) is 0 Å². The Bertz CT molecular complexity index is 697. The second kappa shape index (κ2) is 5.84. The van der Waals surface area contributed by atoms with Gasteiger partial charge in [-0.15, -0.1) is 0 Å². The standard InChI is InChI=1S/C20H18O/c1-15(16-5-3-2-4-6-16)17-7-9-18(10-8-17)19-11-13-20(21)14-12-19/h2-15,21H,1H3. The zero-order valence-corrected chi connectivity index (χ0v) is 12.0. The third-order valence-corrected chi connectivity index (χ3v) is 3.91. The summed E-state index contributed by atoms with van der Waals surface area (Å²) in [5, 5.41) is 9.35. The van der Waals surface area contributed by atoms with Crippen LogP contribution in [0.5, 0.6) is 5.75 Å². The highest BCUT2D eigenvalue weighted by Crippen LogP contribution is 2.27. The van der Waals surface area contributed by atoms with Crippen LogP contribution < -0.4 is 0 Å². The maximum Gasteiger partial charge on any atom is 0.115 e. The first-order valence-electron chi connectivity index (χ1n) is 7.18. The summed E-state index contributed by atoms with van der Waals surface area (Å²) in [5.41, 5.74) is 4.92. The van der Waals surface area contributed by atoms with Crippen molar-refractivity contribution in [3.63, 3.8) is 0 Å². The van der Waals surface area contributed by atoms with Gasteiger partial charge in [0.1, 0.15) is 5.75 Å². The van der Waals surface area contributed by atoms with Crippen molar-refractivity contribution in [3.05, 3.63) is 90.0 Å². The minimum atomic E-state index is 0.299. The molecule has 0 amide bonds. The predicted octanol–water partition coefficient (Wildman–Crippen LogP) is 5.21. The molecule has 3 rings (SSSR count). The largest absolute Gasteiger partial charge is 0.508 e. The zero-order chi connectivity index (χ0) is 14.7. The minimum Gasteiger partial charge on any atom is -0.508 e. The molecule has 1 nitrogen and oxygen atoms in total. The third kappa shape index (κ3) is 2.97. The molecule has 3 aromatic rings. The predicted molar refractivity (Wildman–Crippen MR) is 87.5 cm³/mol. The Morgan fingerprint density at radius 3 is 1.67 bits per heavy atom. The number of phenols is 1. The lowest BCUT2D eigenvalue weighted by atomic mass is 9.92. The first-order valence-corrected chi connectivity index (χ1v) is 7.18. The van der Waals surface area contributed by atoms with E-state index in [4.69, 9.17) is 0 Å². The van der Waals surface area contributed by atoms with Crippen molar-refractivity contribution in [1.29, 1.82) is 0 Å². The fraction of sp³-hybridized carbons (Fsp3) is 0.100. The molecule has 104 valence electrons. The molecular weight excluding hydrogens is 256 g/mol. The van der Waals surface area contributed by atoms with E-state index in [0.29, 0.717) is 11.7 Å². The Kier molecular flexibility index (Phi) is 3.74. The van der Waals surface area contributed by atoms with E-state index < -0.39 is 0 Å². The Morgan fingerprint density at radius 1 is 0.619 bits per heavy atom. The lowest BCUT2D eigenvalue weighted by Gasteiger charge is -2.13. The molecule has 1 heteroatoms. The first-order chi connectivity index (χ1) is 10.2. The van der Waals surface area contributed by atoms with E-state index >= 15 is 0 Å². The van der Waals surface area contributed by atoms with Crippen LogP contribution >= 0.6 is 0 Å². The van der Waals surface area contributed by atoms with Gasteiger partial charge in [-0.3, -0.25) is 0 Å². The molecule has 0 spiro atoms. The first kappa shape index (κ1) is 13.4. The molecule has 1 unspecified atom stereocenters. The van der Waals surface area contributed by atoms with E-state index in [1.54, 1.807) is 12.1 Å². The van der Waals surface area contributed by atoms with Gasteiger partial charge in [-0.1, -0.05) is 73.7 Å². The fourth-order valence-corrected chi connectivity index (χ4v) is 2.55. The summed E-state index contributed by atoms with van der Waals surface area (Å²) in [5.74, 6) is 0.688. The molecule has 1 N–H and O–H groups in total. The molecule has 21 heavy (non-hydrogen) atoms. The summed E-state index contributed by atoms with van der Waals surface area (Å²) in [6, 6.07) is 26.5. The molecule has 0 saturated carbocycles. The van der Waals surface area contributed by atoms with Crippen LogP contribution in [0.15, 0.2) is 78.9 Å². The topological polar surface area (TPSA) is 20.2 Å². The van der Waals surface area contributed by atoms with Gasteiger partial charge in [-0.2, -0.15) is 0 Å². The van der Waals surface area contributed by atoms with Crippen molar-refractivity contribution in [3.8, 4) is 16.9 Å². The number of benzene rings is 3. The zero-order valence-electron chi connectivity index (χ0n) is 12.0. The normalized spacial score (nSPS) is 12.0. The summed E-state index contributed by atoms with van der Waals surface area (Å²) in [7, 11) is 0. The summed E-state index contributed by atoms with van der Waals surface area (Å²) in [6.07, 6.45) is 0. The van der Waals surface area contributed by atoms with Crippen LogP contribution in [0.2, 0.25) is 0 Å². The lowest BCUT2D eigenvalue weighted by molar-refractivity contribution is 0.475. The SMILES string of the molecule is CC(c1ccccc1)c1ccc(-c2ccc(O)cc2)cc1. The van der Waals surface area contributed by atoms with E-state index in [-0.39, 0.29) is 0 Å². The Morgan fingerprint density at radius 2 is 1.10 bits per heavy atom. The molecular formula is C20H18O. The Balaban J connectivity index is 1.85. The Hall–Kier alpha value is -2.54. The molecule has 0 aliphatic rings. The molecule has 0 fully saturated rings. The molecule has 0 aromatic heterocycles. The van der Waals surface area contributed by atoms with Crippen LogP contribution in [0.4, 0.5) is 0 Å². The summed E-state index contributed by atoms with van der Waals surface area (Å²) < 4.78 is 0. The summed E-state index contributed by atoms with van der Waals surface area (Å²) in [4.78, 5) is 0. The molecule has 0 saturated heterocycles. The number of aromatic hydroxyl groups is 1. The minimum absolute atomic E-state index is 0.299. The maximum atomic E-state index is 9.35. The quantitative estimate of drug-likeness (QED) is 0.695. The van der Waals surface area contributed by atoms with E-state index in [2.05, 4.69) is 55.5 Å². The lowest BCUT2D eigenvalue weighted by Crippen LogP contribution is -1.95. The van der Waals surface area contributed by atoms with Crippen LogP contribution in [-0.2, 0) is 0 Å². The average molecular weight is 274 g/mol. The van der Waals surface area contributed by atoms with Gasteiger partial charge in [0.2, 0.25) is 0 Å². The van der Waals surface area contributed by atoms with Gasteiger partial charge in [0.15, 0.2) is 0 Å². The van der Waals surface area contributed by atoms with E-state index in [1.165, 1.54) is 16.7 Å². The highest BCUT2D eigenvalue weighted by Gasteiger charge is 2.08. The summed E-state index contributed by atoms with van der Waals surface area (Å²) >= 11 is 0. The van der Waals surface area contributed by atoms with Crippen LogP contribution in [0, 0.1) is 0 Å². The molecule has 0 bridgehead atoms. The highest BCUT2D eigenvalue weighted by molar-refractivity contribution is 5.64. The van der Waals surface area contributed by atoms with E-state index in [1.807, 2.05) is 18.2 Å². The van der Waals surface area contributed by atoms with Crippen LogP contribution in [0.3, 0.4) is 0 Å². The second-order valence-electron chi connectivity index (χ2n) is 5.30. The summed E-state index contributed by atoms with van der Waals surface area (Å²) in [6.45, 7) is 2.23. The molecule has 0 aliphatic carbocycles.